The number of carbonyl (C=O) groups excluding carboxylic acids is 4. The second kappa shape index (κ2) is 8.95. The van der Waals surface area contributed by atoms with Crippen molar-refractivity contribution in [3.63, 3.8) is 0 Å². The van der Waals surface area contributed by atoms with Gasteiger partial charge in [0.15, 0.2) is 0 Å². The lowest BCUT2D eigenvalue weighted by molar-refractivity contribution is -0.158. The molecule has 1 atom stereocenters. The first-order valence-corrected chi connectivity index (χ1v) is 8.18. The summed E-state index contributed by atoms with van der Waals surface area (Å²) in [6, 6.07) is 8.10. The van der Waals surface area contributed by atoms with E-state index < -0.39 is 29.7 Å². The molecule has 0 spiro atoms. The van der Waals surface area contributed by atoms with Crippen molar-refractivity contribution < 1.29 is 23.9 Å². The molecule has 0 saturated carbocycles. The summed E-state index contributed by atoms with van der Waals surface area (Å²) in [7, 11) is 0. The molecule has 0 aliphatic carbocycles. The maximum absolute atomic E-state index is 12.6. The van der Waals surface area contributed by atoms with Gasteiger partial charge in [-0.1, -0.05) is 30.3 Å². The fourth-order valence-corrected chi connectivity index (χ4v) is 2.74. The summed E-state index contributed by atoms with van der Waals surface area (Å²) in [5.41, 5.74) is 11.4. The van der Waals surface area contributed by atoms with Crippen molar-refractivity contribution in [2.24, 2.45) is 11.5 Å². The highest BCUT2D eigenvalue weighted by atomic mass is 16.5. The van der Waals surface area contributed by atoms with E-state index in [2.05, 4.69) is 0 Å². The van der Waals surface area contributed by atoms with Crippen LogP contribution in [0.2, 0.25) is 0 Å². The largest absolute Gasteiger partial charge is 0.459 e. The van der Waals surface area contributed by atoms with Gasteiger partial charge in [-0.25, -0.2) is 0 Å². The monoisotopic (exact) mass is 362 g/mol. The average Bonchev–Trinajstić information content (AvgIpc) is 2.63. The smallest absolute Gasteiger partial charge is 0.325 e. The minimum atomic E-state index is -1.04. The van der Waals surface area contributed by atoms with Crippen LogP contribution in [-0.4, -0.2) is 65.7 Å². The van der Waals surface area contributed by atoms with Gasteiger partial charge in [-0.05, 0) is 5.56 Å². The van der Waals surface area contributed by atoms with Crippen LogP contribution in [0.25, 0.3) is 0 Å². The molecule has 4 N–H and O–H groups in total. The molecular formula is C17H22N4O5. The molecule has 1 aromatic rings. The van der Waals surface area contributed by atoms with E-state index in [1.807, 2.05) is 30.3 Å². The van der Waals surface area contributed by atoms with Crippen molar-refractivity contribution in [3.8, 4) is 0 Å². The highest BCUT2D eigenvalue weighted by Gasteiger charge is 2.38. The molecule has 1 fully saturated rings. The Balaban J connectivity index is 1.96. The van der Waals surface area contributed by atoms with Crippen LogP contribution in [-0.2, 0) is 30.5 Å². The molecule has 2 rings (SSSR count). The highest BCUT2D eigenvalue weighted by Crippen LogP contribution is 2.15. The van der Waals surface area contributed by atoms with Crippen molar-refractivity contribution in [1.82, 2.24) is 9.80 Å². The Hall–Kier alpha value is -2.94. The van der Waals surface area contributed by atoms with Gasteiger partial charge in [0.05, 0.1) is 13.0 Å². The topological polar surface area (TPSA) is 136 Å². The summed E-state index contributed by atoms with van der Waals surface area (Å²) in [5, 5.41) is 0. The summed E-state index contributed by atoms with van der Waals surface area (Å²) in [6.45, 7) is -0.108. The van der Waals surface area contributed by atoms with Crippen LogP contribution in [0.3, 0.4) is 0 Å². The molecule has 1 aliphatic heterocycles. The molecule has 26 heavy (non-hydrogen) atoms. The Kier molecular flexibility index (Phi) is 6.67. The normalized spacial score (nSPS) is 17.1. The Morgan fingerprint density at radius 2 is 1.85 bits per heavy atom. The molecule has 1 aliphatic rings. The third-order valence-corrected chi connectivity index (χ3v) is 4.04. The maximum Gasteiger partial charge on any atom is 0.325 e. The number of nitrogens with zero attached hydrogens (tertiary/aromatic N) is 2. The lowest BCUT2D eigenvalue weighted by Gasteiger charge is -2.39. The van der Waals surface area contributed by atoms with Gasteiger partial charge in [-0.3, -0.25) is 19.2 Å². The molecule has 9 nitrogen and oxygen atoms in total. The first-order chi connectivity index (χ1) is 12.4. The fraction of sp³-hybridized carbons (Fsp3) is 0.412. The van der Waals surface area contributed by atoms with Crippen molar-refractivity contribution in [1.29, 1.82) is 0 Å². The van der Waals surface area contributed by atoms with Crippen LogP contribution in [0.4, 0.5) is 0 Å². The van der Waals surface area contributed by atoms with Gasteiger partial charge >= 0.3 is 5.97 Å². The van der Waals surface area contributed by atoms with Gasteiger partial charge in [0, 0.05) is 13.1 Å². The van der Waals surface area contributed by atoms with E-state index in [4.69, 9.17) is 16.2 Å². The lowest BCUT2D eigenvalue weighted by Crippen LogP contribution is -2.61. The summed E-state index contributed by atoms with van der Waals surface area (Å²) in [5.74, 6) is -2.25. The van der Waals surface area contributed by atoms with Gasteiger partial charge in [-0.15, -0.1) is 0 Å². The second-order valence-electron chi connectivity index (χ2n) is 5.88. The molecule has 1 aromatic carbocycles. The average molecular weight is 362 g/mol. The lowest BCUT2D eigenvalue weighted by atomic mass is 10.1. The van der Waals surface area contributed by atoms with Crippen molar-refractivity contribution >= 4 is 23.7 Å². The summed E-state index contributed by atoms with van der Waals surface area (Å²) < 4.78 is 5.17. The molecule has 140 valence electrons. The van der Waals surface area contributed by atoms with Crippen LogP contribution < -0.4 is 11.5 Å². The number of amides is 3. The summed E-state index contributed by atoms with van der Waals surface area (Å²) in [6.07, 6.45) is -0.319. The van der Waals surface area contributed by atoms with Crippen LogP contribution in [0.15, 0.2) is 30.3 Å². The molecule has 0 bridgehead atoms. The zero-order valence-corrected chi connectivity index (χ0v) is 14.3. The Morgan fingerprint density at radius 1 is 1.15 bits per heavy atom. The quantitative estimate of drug-likeness (QED) is 0.573. The van der Waals surface area contributed by atoms with E-state index in [1.165, 1.54) is 9.80 Å². The van der Waals surface area contributed by atoms with Crippen LogP contribution in [0.5, 0.6) is 0 Å². The summed E-state index contributed by atoms with van der Waals surface area (Å²) in [4.78, 5) is 50.2. The third kappa shape index (κ3) is 5.03. The number of benzene rings is 1. The second-order valence-corrected chi connectivity index (χ2v) is 5.88. The van der Waals surface area contributed by atoms with E-state index in [-0.39, 0.29) is 39.2 Å². The van der Waals surface area contributed by atoms with Gasteiger partial charge < -0.3 is 26.0 Å². The number of hydrogen-bond donors (Lipinski definition) is 2. The van der Waals surface area contributed by atoms with E-state index in [0.29, 0.717) is 0 Å². The van der Waals surface area contributed by atoms with Gasteiger partial charge in [0.2, 0.25) is 17.7 Å². The number of ether oxygens (including phenoxy) is 1. The van der Waals surface area contributed by atoms with Crippen LogP contribution in [0.1, 0.15) is 12.0 Å². The van der Waals surface area contributed by atoms with Crippen molar-refractivity contribution in [2.45, 2.75) is 19.1 Å². The van der Waals surface area contributed by atoms with Crippen molar-refractivity contribution in [2.75, 3.05) is 26.2 Å². The number of rotatable bonds is 7. The molecule has 9 heteroatoms. The van der Waals surface area contributed by atoms with Gasteiger partial charge in [0.25, 0.3) is 0 Å². The maximum atomic E-state index is 12.6. The van der Waals surface area contributed by atoms with E-state index >= 15 is 0 Å². The first kappa shape index (κ1) is 19.4. The van der Waals surface area contributed by atoms with Gasteiger partial charge in [0.1, 0.15) is 19.2 Å². The molecule has 0 unspecified atom stereocenters. The minimum absolute atomic E-state index is 0.101. The minimum Gasteiger partial charge on any atom is -0.459 e. The van der Waals surface area contributed by atoms with Gasteiger partial charge in [-0.2, -0.15) is 0 Å². The fourth-order valence-electron chi connectivity index (χ4n) is 2.74. The number of primary amides is 1. The number of esters is 1. The zero-order valence-electron chi connectivity index (χ0n) is 14.3. The van der Waals surface area contributed by atoms with Crippen LogP contribution >= 0.6 is 0 Å². The van der Waals surface area contributed by atoms with E-state index in [0.717, 1.165) is 5.56 Å². The standard InChI is InChI=1S/C17H22N4O5/c18-9-15(23)21-7-6-20(17(25)13(21)8-14(19)22)10-16(24)26-11-12-4-2-1-3-5-12/h1-5,13H,6-11,18H2,(H2,19,22)/t13-/m0/s1. The van der Waals surface area contributed by atoms with Crippen LogP contribution in [0, 0.1) is 0 Å². The molecular weight excluding hydrogens is 340 g/mol. The molecule has 3 amide bonds. The van der Waals surface area contributed by atoms with E-state index in [9.17, 15) is 19.2 Å². The number of piperazine rings is 1. The molecule has 1 saturated heterocycles. The number of nitrogens with two attached hydrogens (primary N) is 2. The van der Waals surface area contributed by atoms with E-state index in [1.54, 1.807) is 0 Å². The molecule has 1 heterocycles. The Bertz CT molecular complexity index is 679. The molecule has 0 radical (unpaired) electrons. The first-order valence-electron chi connectivity index (χ1n) is 8.18. The number of hydrogen-bond acceptors (Lipinski definition) is 6. The SMILES string of the molecule is NCC(=O)N1CCN(CC(=O)OCc2ccccc2)C(=O)[C@@H]1CC(N)=O. The predicted octanol–water partition coefficient (Wildman–Crippen LogP) is -1.40. The third-order valence-electron chi connectivity index (χ3n) is 4.04. The predicted molar refractivity (Wildman–Crippen MR) is 91.2 cm³/mol. The molecule has 0 aromatic heterocycles. The van der Waals surface area contributed by atoms with Crippen molar-refractivity contribution in [3.05, 3.63) is 35.9 Å². The summed E-state index contributed by atoms with van der Waals surface area (Å²) >= 11 is 0. The Labute approximate surface area is 150 Å². The zero-order chi connectivity index (χ0) is 19.1. The highest BCUT2D eigenvalue weighted by molar-refractivity contribution is 5.94. The number of carbonyl (C=O) groups is 4. The Morgan fingerprint density at radius 3 is 2.46 bits per heavy atom.